The summed E-state index contributed by atoms with van der Waals surface area (Å²) in [6.07, 6.45) is 4.22. The number of rotatable bonds is 7. The Morgan fingerprint density at radius 1 is 1.25 bits per heavy atom. The molecule has 1 aromatic heterocycles. The van der Waals surface area contributed by atoms with Crippen LogP contribution in [0.5, 0.6) is 0 Å². The summed E-state index contributed by atoms with van der Waals surface area (Å²) >= 11 is 0. The van der Waals surface area contributed by atoms with Gasteiger partial charge in [0.05, 0.1) is 0 Å². The van der Waals surface area contributed by atoms with E-state index in [0.29, 0.717) is 13.0 Å². The SMILES string of the molecule is CCc1nncn1CCNC(=NC)NCc1ccc(N2CCCC2=O)cc1.I. The van der Waals surface area contributed by atoms with Gasteiger partial charge in [0.25, 0.3) is 0 Å². The first kappa shape index (κ1) is 22.1. The minimum absolute atomic E-state index is 0. The summed E-state index contributed by atoms with van der Waals surface area (Å²) in [5.74, 6) is 1.95. The third kappa shape index (κ3) is 5.66. The fraction of sp³-hybridized carbons (Fsp3) is 0.474. The number of nitrogens with zero attached hydrogens (tertiary/aromatic N) is 5. The number of aryl methyl sites for hydroxylation is 1. The molecule has 2 aromatic rings. The van der Waals surface area contributed by atoms with Crippen molar-refractivity contribution in [2.75, 3.05) is 25.0 Å². The topological polar surface area (TPSA) is 87.4 Å². The number of aliphatic imine (C=N–C) groups is 1. The van der Waals surface area contributed by atoms with Crippen LogP contribution in [0.3, 0.4) is 0 Å². The van der Waals surface area contributed by atoms with E-state index < -0.39 is 0 Å². The fourth-order valence-corrected chi connectivity index (χ4v) is 3.16. The molecule has 0 spiro atoms. The standard InChI is InChI=1S/C19H27N7O.HI/c1-3-17-24-23-14-25(17)12-10-21-19(20-2)22-13-15-6-8-16(9-7-15)26-11-4-5-18(26)27;/h6-9,14H,3-5,10-13H2,1-2H3,(H2,20,21,22);1H. The van der Waals surface area contributed by atoms with Crippen molar-refractivity contribution in [3.05, 3.63) is 42.0 Å². The van der Waals surface area contributed by atoms with Crippen LogP contribution in [0.1, 0.15) is 31.2 Å². The van der Waals surface area contributed by atoms with E-state index in [9.17, 15) is 4.79 Å². The van der Waals surface area contributed by atoms with Crippen molar-refractivity contribution in [3.8, 4) is 0 Å². The predicted octanol–water partition coefficient (Wildman–Crippen LogP) is 1.95. The van der Waals surface area contributed by atoms with E-state index in [-0.39, 0.29) is 29.9 Å². The molecule has 1 amide bonds. The Bertz CT molecular complexity index is 788. The van der Waals surface area contributed by atoms with Crippen LogP contribution in [0.4, 0.5) is 5.69 Å². The molecule has 3 rings (SSSR count). The number of carbonyl (C=O) groups is 1. The number of amides is 1. The van der Waals surface area contributed by atoms with Crippen molar-refractivity contribution >= 4 is 41.5 Å². The summed E-state index contributed by atoms with van der Waals surface area (Å²) in [6.45, 7) is 5.08. The van der Waals surface area contributed by atoms with Crippen LogP contribution in [-0.4, -0.2) is 46.8 Å². The van der Waals surface area contributed by atoms with E-state index in [1.165, 1.54) is 0 Å². The molecule has 1 aliphatic heterocycles. The van der Waals surface area contributed by atoms with Crippen LogP contribution < -0.4 is 15.5 Å². The summed E-state index contributed by atoms with van der Waals surface area (Å²) in [7, 11) is 1.76. The van der Waals surface area contributed by atoms with Gasteiger partial charge in [-0.15, -0.1) is 34.2 Å². The molecule has 28 heavy (non-hydrogen) atoms. The zero-order valence-electron chi connectivity index (χ0n) is 16.4. The number of carbonyl (C=O) groups excluding carboxylic acids is 1. The van der Waals surface area contributed by atoms with E-state index in [2.05, 4.69) is 32.7 Å². The van der Waals surface area contributed by atoms with E-state index in [1.54, 1.807) is 13.4 Å². The van der Waals surface area contributed by atoms with Crippen molar-refractivity contribution in [2.24, 2.45) is 4.99 Å². The molecule has 0 bridgehead atoms. The molecule has 1 aromatic carbocycles. The minimum atomic E-state index is 0. The molecule has 0 aliphatic carbocycles. The van der Waals surface area contributed by atoms with Gasteiger partial charge in [0.2, 0.25) is 5.91 Å². The number of hydrogen-bond donors (Lipinski definition) is 2. The molecule has 8 nitrogen and oxygen atoms in total. The molecule has 0 saturated carbocycles. The van der Waals surface area contributed by atoms with Crippen LogP contribution in [0.15, 0.2) is 35.6 Å². The molecule has 0 unspecified atom stereocenters. The Morgan fingerprint density at radius 3 is 2.68 bits per heavy atom. The zero-order valence-corrected chi connectivity index (χ0v) is 18.7. The lowest BCUT2D eigenvalue weighted by Crippen LogP contribution is -2.38. The fourth-order valence-electron chi connectivity index (χ4n) is 3.16. The summed E-state index contributed by atoms with van der Waals surface area (Å²) in [4.78, 5) is 17.9. The second kappa shape index (κ2) is 11.0. The molecule has 9 heteroatoms. The van der Waals surface area contributed by atoms with E-state index in [0.717, 1.165) is 55.5 Å². The maximum atomic E-state index is 11.8. The smallest absolute Gasteiger partial charge is 0.227 e. The molecular weight excluding hydrogens is 469 g/mol. The lowest BCUT2D eigenvalue weighted by molar-refractivity contribution is -0.117. The Labute approximate surface area is 182 Å². The van der Waals surface area contributed by atoms with Crippen molar-refractivity contribution < 1.29 is 4.79 Å². The monoisotopic (exact) mass is 497 g/mol. The van der Waals surface area contributed by atoms with Crippen LogP contribution >= 0.6 is 24.0 Å². The van der Waals surface area contributed by atoms with E-state index in [1.807, 2.05) is 33.7 Å². The number of hydrogen-bond acceptors (Lipinski definition) is 4. The second-order valence-corrected chi connectivity index (χ2v) is 6.46. The Hall–Kier alpha value is -2.17. The minimum Gasteiger partial charge on any atom is -0.355 e. The van der Waals surface area contributed by atoms with Gasteiger partial charge in [0, 0.05) is 51.8 Å². The second-order valence-electron chi connectivity index (χ2n) is 6.46. The van der Waals surface area contributed by atoms with Crippen molar-refractivity contribution in [3.63, 3.8) is 0 Å². The first-order valence-corrected chi connectivity index (χ1v) is 9.41. The lowest BCUT2D eigenvalue weighted by Gasteiger charge is -2.16. The third-order valence-electron chi connectivity index (χ3n) is 4.66. The van der Waals surface area contributed by atoms with Gasteiger partial charge < -0.3 is 20.1 Å². The quantitative estimate of drug-likeness (QED) is 0.347. The molecule has 2 heterocycles. The van der Waals surface area contributed by atoms with Gasteiger partial charge in [-0.25, -0.2) is 0 Å². The number of guanidine groups is 1. The summed E-state index contributed by atoms with van der Waals surface area (Å²) in [6, 6.07) is 8.11. The highest BCUT2D eigenvalue weighted by Crippen LogP contribution is 2.21. The van der Waals surface area contributed by atoms with Crippen molar-refractivity contribution in [1.29, 1.82) is 0 Å². The van der Waals surface area contributed by atoms with E-state index >= 15 is 0 Å². The van der Waals surface area contributed by atoms with Gasteiger partial charge >= 0.3 is 0 Å². The molecule has 0 atom stereocenters. The van der Waals surface area contributed by atoms with Crippen LogP contribution in [-0.2, 0) is 24.3 Å². The van der Waals surface area contributed by atoms with Gasteiger partial charge in [-0.1, -0.05) is 19.1 Å². The molecule has 1 saturated heterocycles. The van der Waals surface area contributed by atoms with Gasteiger partial charge in [0.15, 0.2) is 5.96 Å². The first-order chi connectivity index (χ1) is 13.2. The normalized spacial score (nSPS) is 14.1. The molecule has 152 valence electrons. The van der Waals surface area contributed by atoms with E-state index in [4.69, 9.17) is 0 Å². The van der Waals surface area contributed by atoms with Crippen LogP contribution in [0.25, 0.3) is 0 Å². The average molecular weight is 497 g/mol. The van der Waals surface area contributed by atoms with Crippen molar-refractivity contribution in [1.82, 2.24) is 25.4 Å². The number of benzene rings is 1. The summed E-state index contributed by atoms with van der Waals surface area (Å²) < 4.78 is 2.04. The Balaban J connectivity index is 0.00000280. The number of halogens is 1. The largest absolute Gasteiger partial charge is 0.355 e. The highest BCUT2D eigenvalue weighted by molar-refractivity contribution is 14.0. The van der Waals surface area contributed by atoms with Gasteiger partial charge in [-0.2, -0.15) is 0 Å². The molecule has 2 N–H and O–H groups in total. The molecule has 1 fully saturated rings. The Morgan fingerprint density at radius 2 is 2.04 bits per heavy atom. The van der Waals surface area contributed by atoms with Gasteiger partial charge in [-0.3, -0.25) is 9.79 Å². The Kier molecular flexibility index (Phi) is 8.68. The average Bonchev–Trinajstić information content (AvgIpc) is 3.33. The lowest BCUT2D eigenvalue weighted by atomic mass is 10.2. The maximum Gasteiger partial charge on any atom is 0.227 e. The zero-order chi connectivity index (χ0) is 19.1. The van der Waals surface area contributed by atoms with Crippen molar-refractivity contribution in [2.45, 2.75) is 39.3 Å². The number of nitrogens with one attached hydrogen (secondary N) is 2. The highest BCUT2D eigenvalue weighted by atomic mass is 127. The first-order valence-electron chi connectivity index (χ1n) is 9.41. The molecular formula is C19H28IN7O. The predicted molar refractivity (Wildman–Crippen MR) is 121 cm³/mol. The molecule has 0 radical (unpaired) electrons. The summed E-state index contributed by atoms with van der Waals surface area (Å²) in [5.41, 5.74) is 2.12. The third-order valence-corrected chi connectivity index (χ3v) is 4.66. The number of aromatic nitrogens is 3. The van der Waals surface area contributed by atoms with Crippen LogP contribution in [0.2, 0.25) is 0 Å². The van der Waals surface area contributed by atoms with Gasteiger partial charge in [0.1, 0.15) is 12.2 Å². The summed E-state index contributed by atoms with van der Waals surface area (Å²) in [5, 5.41) is 14.6. The van der Waals surface area contributed by atoms with Gasteiger partial charge in [-0.05, 0) is 24.1 Å². The number of anilines is 1. The van der Waals surface area contributed by atoms with Crippen LogP contribution in [0, 0.1) is 0 Å². The highest BCUT2D eigenvalue weighted by Gasteiger charge is 2.21. The molecule has 1 aliphatic rings. The maximum absolute atomic E-state index is 11.8.